The highest BCUT2D eigenvalue weighted by Crippen LogP contribution is 2.45. The largest absolute Gasteiger partial charge is 0.478 e. The van der Waals surface area contributed by atoms with Crippen LogP contribution in [0.5, 0.6) is 0 Å². The molecule has 0 saturated heterocycles. The molecule has 4 heteroatoms. The zero-order valence-corrected chi connectivity index (χ0v) is 14.7. The van der Waals surface area contributed by atoms with Crippen molar-refractivity contribution in [2.75, 3.05) is 0 Å². The van der Waals surface area contributed by atoms with Gasteiger partial charge in [-0.05, 0) is 53.9 Å². The molecule has 1 aliphatic carbocycles. The fourth-order valence-electron chi connectivity index (χ4n) is 3.49. The molecule has 0 spiro atoms. The number of hydrogen-bond donors (Lipinski definition) is 2. The van der Waals surface area contributed by atoms with Gasteiger partial charge in [-0.15, -0.1) is 11.3 Å². The molecule has 0 aliphatic heterocycles. The first kappa shape index (κ1) is 16.2. The van der Waals surface area contributed by atoms with Crippen LogP contribution in [0.4, 0.5) is 0 Å². The third-order valence-electron chi connectivity index (χ3n) is 4.90. The van der Waals surface area contributed by atoms with Crippen LogP contribution < -0.4 is 5.73 Å². The topological polar surface area (TPSA) is 63.3 Å². The second-order valence-electron chi connectivity index (χ2n) is 7.15. The van der Waals surface area contributed by atoms with Gasteiger partial charge in [0.2, 0.25) is 0 Å². The minimum absolute atomic E-state index is 0.170. The molecule has 0 saturated carbocycles. The number of benzene rings is 1. The molecule has 0 unspecified atom stereocenters. The van der Waals surface area contributed by atoms with E-state index in [1.165, 1.54) is 4.88 Å². The molecule has 0 fully saturated rings. The van der Waals surface area contributed by atoms with E-state index >= 15 is 0 Å². The van der Waals surface area contributed by atoms with Crippen LogP contribution in [0, 0.1) is 12.3 Å². The summed E-state index contributed by atoms with van der Waals surface area (Å²) in [7, 11) is 0. The lowest BCUT2D eigenvalue weighted by molar-refractivity contribution is 0.0696. The highest BCUT2D eigenvalue weighted by molar-refractivity contribution is 7.16. The summed E-state index contributed by atoms with van der Waals surface area (Å²) >= 11 is 1.66. The first-order chi connectivity index (χ1) is 10.8. The summed E-state index contributed by atoms with van der Waals surface area (Å²) in [6, 6.07) is 6.00. The van der Waals surface area contributed by atoms with Crippen LogP contribution in [0.1, 0.15) is 52.2 Å². The molecule has 1 heterocycles. The van der Waals surface area contributed by atoms with Crippen LogP contribution >= 0.6 is 11.3 Å². The lowest BCUT2D eigenvalue weighted by Crippen LogP contribution is -2.22. The SMILES string of the molecule is Cc1c(CN)cccc1-c1sc2c(c1C(=O)O)CC(C)(C)CC2. The van der Waals surface area contributed by atoms with Crippen molar-refractivity contribution in [2.45, 2.75) is 46.6 Å². The van der Waals surface area contributed by atoms with Gasteiger partial charge < -0.3 is 10.8 Å². The highest BCUT2D eigenvalue weighted by atomic mass is 32.1. The number of fused-ring (bicyclic) bond motifs is 1. The molecular formula is C19H23NO2S. The molecule has 23 heavy (non-hydrogen) atoms. The molecule has 1 aromatic heterocycles. The lowest BCUT2D eigenvalue weighted by Gasteiger charge is -2.29. The molecule has 0 atom stereocenters. The van der Waals surface area contributed by atoms with E-state index in [-0.39, 0.29) is 5.41 Å². The summed E-state index contributed by atoms with van der Waals surface area (Å²) in [5.41, 5.74) is 10.7. The summed E-state index contributed by atoms with van der Waals surface area (Å²) in [6.07, 6.45) is 2.93. The van der Waals surface area contributed by atoms with Gasteiger partial charge in [0.15, 0.2) is 0 Å². The van der Waals surface area contributed by atoms with Crippen LogP contribution in [0.15, 0.2) is 18.2 Å². The monoisotopic (exact) mass is 329 g/mol. The van der Waals surface area contributed by atoms with Crippen molar-refractivity contribution >= 4 is 17.3 Å². The molecule has 0 radical (unpaired) electrons. The van der Waals surface area contributed by atoms with Crippen molar-refractivity contribution in [3.63, 3.8) is 0 Å². The summed E-state index contributed by atoms with van der Waals surface area (Å²) in [5, 5.41) is 9.84. The summed E-state index contributed by atoms with van der Waals surface area (Å²) in [6.45, 7) is 6.95. The van der Waals surface area contributed by atoms with E-state index in [0.29, 0.717) is 12.1 Å². The number of aromatic carboxylic acids is 1. The number of carboxylic acid groups (broad SMARTS) is 1. The van der Waals surface area contributed by atoms with Crippen molar-refractivity contribution in [1.82, 2.24) is 0 Å². The molecular weight excluding hydrogens is 306 g/mol. The number of thiophene rings is 1. The van der Waals surface area contributed by atoms with Crippen molar-refractivity contribution in [3.8, 4) is 10.4 Å². The predicted molar refractivity (Wildman–Crippen MR) is 95.1 cm³/mol. The molecule has 3 N–H and O–H groups in total. The number of nitrogens with two attached hydrogens (primary N) is 1. The molecule has 3 rings (SSSR count). The first-order valence-corrected chi connectivity index (χ1v) is 8.82. The van der Waals surface area contributed by atoms with Crippen molar-refractivity contribution in [2.24, 2.45) is 11.1 Å². The van der Waals surface area contributed by atoms with E-state index in [0.717, 1.165) is 46.4 Å². The molecule has 122 valence electrons. The third kappa shape index (κ3) is 2.81. The molecule has 2 aromatic rings. The summed E-state index contributed by atoms with van der Waals surface area (Å²) in [4.78, 5) is 14.1. The molecule has 0 amide bonds. The number of hydrogen-bond acceptors (Lipinski definition) is 3. The maximum atomic E-state index is 12.0. The Balaban J connectivity index is 2.22. The van der Waals surface area contributed by atoms with Crippen molar-refractivity contribution in [3.05, 3.63) is 45.3 Å². The van der Waals surface area contributed by atoms with Gasteiger partial charge in [0, 0.05) is 16.3 Å². The van der Waals surface area contributed by atoms with E-state index in [9.17, 15) is 9.90 Å². The number of carbonyl (C=O) groups is 1. The van der Waals surface area contributed by atoms with Crippen LogP contribution in [0.25, 0.3) is 10.4 Å². The minimum Gasteiger partial charge on any atom is -0.478 e. The van der Waals surface area contributed by atoms with Gasteiger partial charge in [0.1, 0.15) is 0 Å². The Bertz CT molecular complexity index is 774. The smallest absolute Gasteiger partial charge is 0.337 e. The predicted octanol–water partition coefficient (Wildman–Crippen LogP) is 4.40. The maximum absolute atomic E-state index is 12.0. The van der Waals surface area contributed by atoms with Crippen LogP contribution in [0.3, 0.4) is 0 Å². The van der Waals surface area contributed by atoms with Crippen LogP contribution in [-0.4, -0.2) is 11.1 Å². The van der Waals surface area contributed by atoms with Gasteiger partial charge in [-0.1, -0.05) is 32.0 Å². The maximum Gasteiger partial charge on any atom is 0.337 e. The molecule has 1 aliphatic rings. The van der Waals surface area contributed by atoms with Gasteiger partial charge in [-0.3, -0.25) is 0 Å². The van der Waals surface area contributed by atoms with Crippen LogP contribution in [-0.2, 0) is 19.4 Å². The average molecular weight is 329 g/mol. The molecule has 0 bridgehead atoms. The second kappa shape index (κ2) is 5.77. The second-order valence-corrected chi connectivity index (χ2v) is 8.25. The Kier molecular flexibility index (Phi) is 4.07. The van der Waals surface area contributed by atoms with Crippen molar-refractivity contribution in [1.29, 1.82) is 0 Å². The lowest BCUT2D eigenvalue weighted by atomic mass is 9.76. The summed E-state index contributed by atoms with van der Waals surface area (Å²) < 4.78 is 0. The van der Waals surface area contributed by atoms with E-state index in [2.05, 4.69) is 13.8 Å². The standard InChI is InChI=1S/C19H23NO2S/c1-11-12(10-20)5-4-6-13(11)17-16(18(21)22)14-9-19(2,3)8-7-15(14)23-17/h4-6H,7-10,20H2,1-3H3,(H,21,22). The van der Waals surface area contributed by atoms with Gasteiger partial charge in [0.25, 0.3) is 0 Å². The Morgan fingerprint density at radius 1 is 1.39 bits per heavy atom. The Labute approximate surface area is 141 Å². The Morgan fingerprint density at radius 3 is 2.78 bits per heavy atom. The van der Waals surface area contributed by atoms with E-state index in [4.69, 9.17) is 5.73 Å². The van der Waals surface area contributed by atoms with E-state index < -0.39 is 5.97 Å². The highest BCUT2D eigenvalue weighted by Gasteiger charge is 2.33. The minimum atomic E-state index is -0.812. The Morgan fingerprint density at radius 2 is 2.13 bits per heavy atom. The number of rotatable bonds is 3. The normalized spacial score (nSPS) is 16.2. The molecule has 1 aromatic carbocycles. The fraction of sp³-hybridized carbons (Fsp3) is 0.421. The average Bonchev–Trinajstić information content (AvgIpc) is 2.84. The first-order valence-electron chi connectivity index (χ1n) is 8.01. The quantitative estimate of drug-likeness (QED) is 0.877. The third-order valence-corrected chi connectivity index (χ3v) is 6.22. The van der Waals surface area contributed by atoms with E-state index in [1.54, 1.807) is 11.3 Å². The zero-order valence-electron chi connectivity index (χ0n) is 13.9. The van der Waals surface area contributed by atoms with Crippen LogP contribution in [0.2, 0.25) is 0 Å². The van der Waals surface area contributed by atoms with Gasteiger partial charge in [0.05, 0.1) is 5.56 Å². The number of aryl methyl sites for hydroxylation is 1. The zero-order chi connectivity index (χ0) is 16.8. The number of carboxylic acids is 1. The summed E-state index contributed by atoms with van der Waals surface area (Å²) in [5.74, 6) is -0.812. The van der Waals surface area contributed by atoms with Crippen molar-refractivity contribution < 1.29 is 9.90 Å². The van der Waals surface area contributed by atoms with Gasteiger partial charge in [-0.25, -0.2) is 4.79 Å². The van der Waals surface area contributed by atoms with Gasteiger partial charge in [-0.2, -0.15) is 0 Å². The van der Waals surface area contributed by atoms with Gasteiger partial charge >= 0.3 is 5.97 Å². The fourth-order valence-corrected chi connectivity index (χ4v) is 4.88. The Hall–Kier alpha value is -1.65. The van der Waals surface area contributed by atoms with E-state index in [1.807, 2.05) is 25.1 Å². The molecule has 3 nitrogen and oxygen atoms in total.